The molecule has 0 aromatic carbocycles. The monoisotopic (exact) mass is 201 g/mol. The maximum absolute atomic E-state index is 12.7. The van der Waals surface area contributed by atoms with Gasteiger partial charge >= 0.3 is 5.97 Å². The zero-order chi connectivity index (χ0) is 10.7. The van der Waals surface area contributed by atoms with Crippen molar-refractivity contribution < 1.29 is 14.3 Å². The molecular weight excluding hydrogens is 189 g/mol. The summed E-state index contributed by atoms with van der Waals surface area (Å²) in [5.41, 5.74) is 0.419. The third-order valence-corrected chi connectivity index (χ3v) is 1.89. The molecule has 0 bridgehead atoms. The van der Waals surface area contributed by atoms with Crippen molar-refractivity contribution in [2.45, 2.75) is 32.5 Å². The molecule has 14 heavy (non-hydrogen) atoms. The number of nitrogens with zero attached hydrogens (tertiary/aromatic N) is 3. The topological polar surface area (TPSA) is 68.0 Å². The summed E-state index contributed by atoms with van der Waals surface area (Å²) in [6.07, 6.45) is 0.276. The van der Waals surface area contributed by atoms with Crippen LogP contribution in [0.15, 0.2) is 6.20 Å². The summed E-state index contributed by atoms with van der Waals surface area (Å²) in [6, 6.07) is 0. The maximum atomic E-state index is 12.7. The van der Waals surface area contributed by atoms with Crippen molar-refractivity contribution in [3.05, 3.63) is 11.9 Å². The maximum Gasteiger partial charge on any atom is 0.312 e. The third-order valence-electron chi connectivity index (χ3n) is 1.89. The van der Waals surface area contributed by atoms with Crippen molar-refractivity contribution in [1.29, 1.82) is 0 Å². The van der Waals surface area contributed by atoms with E-state index in [1.807, 2.05) is 0 Å². The smallest absolute Gasteiger partial charge is 0.312 e. The molecule has 1 aromatic rings. The first-order valence-electron chi connectivity index (χ1n) is 4.27. The summed E-state index contributed by atoms with van der Waals surface area (Å²) < 4.78 is 14.0. The van der Waals surface area contributed by atoms with Crippen LogP contribution in [0.1, 0.15) is 25.5 Å². The van der Waals surface area contributed by atoms with Crippen molar-refractivity contribution >= 4 is 5.97 Å². The van der Waals surface area contributed by atoms with Crippen LogP contribution < -0.4 is 0 Å². The van der Waals surface area contributed by atoms with Gasteiger partial charge in [-0.15, -0.1) is 5.10 Å². The van der Waals surface area contributed by atoms with Crippen LogP contribution >= 0.6 is 0 Å². The molecule has 0 aliphatic rings. The van der Waals surface area contributed by atoms with E-state index in [1.54, 1.807) is 0 Å². The van der Waals surface area contributed by atoms with Crippen molar-refractivity contribution in [1.82, 2.24) is 15.0 Å². The molecule has 2 atom stereocenters. The lowest BCUT2D eigenvalue weighted by molar-refractivity contribution is -0.138. The number of hydrogen-bond donors (Lipinski definition) is 1. The molecule has 1 aromatic heterocycles. The summed E-state index contributed by atoms with van der Waals surface area (Å²) in [7, 11) is 0. The van der Waals surface area contributed by atoms with Crippen molar-refractivity contribution in [3.8, 4) is 0 Å². The van der Waals surface area contributed by atoms with E-state index >= 15 is 0 Å². The van der Waals surface area contributed by atoms with Crippen molar-refractivity contribution in [2.75, 3.05) is 0 Å². The summed E-state index contributed by atoms with van der Waals surface area (Å²) in [5, 5.41) is 15.9. The standard InChI is InChI=1S/C8H12FN3O2/c1-5(9)4-12-7(3-10-11-12)6(2)8(13)14/h3,5-6H,4H2,1-2H3,(H,13,14). The lowest BCUT2D eigenvalue weighted by Gasteiger charge is -2.09. The van der Waals surface area contributed by atoms with Crippen LogP contribution in [0.5, 0.6) is 0 Å². The first-order chi connectivity index (χ1) is 6.52. The Morgan fingerprint density at radius 1 is 1.71 bits per heavy atom. The molecule has 0 spiro atoms. The first-order valence-corrected chi connectivity index (χ1v) is 4.27. The number of carboxylic acid groups (broad SMARTS) is 1. The summed E-state index contributed by atoms with van der Waals surface area (Å²) in [6.45, 7) is 2.93. The van der Waals surface area contributed by atoms with Crippen LogP contribution in [0.4, 0.5) is 4.39 Å². The van der Waals surface area contributed by atoms with E-state index in [0.29, 0.717) is 5.69 Å². The molecule has 78 valence electrons. The van der Waals surface area contributed by atoms with E-state index in [0.717, 1.165) is 0 Å². The van der Waals surface area contributed by atoms with Crippen molar-refractivity contribution in [3.63, 3.8) is 0 Å². The average Bonchev–Trinajstić information content (AvgIpc) is 2.49. The number of hydrogen-bond acceptors (Lipinski definition) is 3. The lowest BCUT2D eigenvalue weighted by Crippen LogP contribution is -2.17. The van der Waals surface area contributed by atoms with Crippen LogP contribution in [-0.4, -0.2) is 32.2 Å². The van der Waals surface area contributed by atoms with E-state index in [9.17, 15) is 9.18 Å². The second-order valence-electron chi connectivity index (χ2n) is 3.18. The Morgan fingerprint density at radius 3 is 2.86 bits per heavy atom. The highest BCUT2D eigenvalue weighted by Gasteiger charge is 2.19. The number of carbonyl (C=O) groups is 1. The van der Waals surface area contributed by atoms with E-state index < -0.39 is 18.1 Å². The minimum Gasteiger partial charge on any atom is -0.481 e. The zero-order valence-corrected chi connectivity index (χ0v) is 8.01. The highest BCUT2D eigenvalue weighted by Crippen LogP contribution is 2.14. The van der Waals surface area contributed by atoms with Crippen LogP contribution in [0.25, 0.3) is 0 Å². The Labute approximate surface area is 80.5 Å². The van der Waals surface area contributed by atoms with Gasteiger partial charge in [0, 0.05) is 0 Å². The fourth-order valence-electron chi connectivity index (χ4n) is 1.11. The number of aliphatic carboxylic acids is 1. The number of aromatic nitrogens is 3. The number of carboxylic acids is 1. The number of halogens is 1. The second kappa shape index (κ2) is 4.17. The Hall–Kier alpha value is -1.46. The molecule has 2 unspecified atom stereocenters. The molecule has 0 fully saturated rings. The zero-order valence-electron chi connectivity index (χ0n) is 8.01. The largest absolute Gasteiger partial charge is 0.481 e. The fraction of sp³-hybridized carbons (Fsp3) is 0.625. The van der Waals surface area contributed by atoms with Gasteiger partial charge < -0.3 is 5.11 Å². The third kappa shape index (κ3) is 2.27. The first kappa shape index (κ1) is 10.6. The molecule has 0 saturated heterocycles. The Bertz CT molecular complexity index is 324. The summed E-state index contributed by atoms with van der Waals surface area (Å²) >= 11 is 0. The number of alkyl halides is 1. The minimum absolute atomic E-state index is 0.0347. The van der Waals surface area contributed by atoms with Crippen LogP contribution in [0.2, 0.25) is 0 Å². The SMILES string of the molecule is CC(F)Cn1nncc1C(C)C(=O)O. The van der Waals surface area contributed by atoms with Crippen LogP contribution in [0, 0.1) is 0 Å². The Morgan fingerprint density at radius 2 is 2.36 bits per heavy atom. The summed E-state index contributed by atoms with van der Waals surface area (Å²) in [4.78, 5) is 10.7. The molecule has 0 saturated carbocycles. The van der Waals surface area contributed by atoms with Gasteiger partial charge in [0.1, 0.15) is 6.17 Å². The molecule has 0 radical (unpaired) electrons. The van der Waals surface area contributed by atoms with E-state index in [-0.39, 0.29) is 6.54 Å². The molecule has 0 amide bonds. The normalized spacial score (nSPS) is 15.1. The van der Waals surface area contributed by atoms with E-state index in [1.165, 1.54) is 24.7 Å². The van der Waals surface area contributed by atoms with Gasteiger partial charge in [0.2, 0.25) is 0 Å². The van der Waals surface area contributed by atoms with Crippen molar-refractivity contribution in [2.24, 2.45) is 0 Å². The number of rotatable bonds is 4. The predicted molar refractivity (Wildman–Crippen MR) is 46.6 cm³/mol. The van der Waals surface area contributed by atoms with Gasteiger partial charge in [0.15, 0.2) is 0 Å². The predicted octanol–water partition coefficient (Wildman–Crippen LogP) is 0.824. The van der Waals surface area contributed by atoms with Gasteiger partial charge in [-0.1, -0.05) is 5.21 Å². The summed E-state index contributed by atoms with van der Waals surface area (Å²) in [5.74, 6) is -1.69. The van der Waals surface area contributed by atoms with Gasteiger partial charge in [-0.3, -0.25) is 4.79 Å². The molecule has 6 heteroatoms. The molecule has 5 nitrogen and oxygen atoms in total. The average molecular weight is 201 g/mol. The van der Waals surface area contributed by atoms with Gasteiger partial charge in [-0.2, -0.15) is 0 Å². The molecule has 0 aliphatic carbocycles. The van der Waals surface area contributed by atoms with Gasteiger partial charge in [0.05, 0.1) is 24.4 Å². The molecule has 1 heterocycles. The molecular formula is C8H12FN3O2. The van der Waals surface area contributed by atoms with Gasteiger partial charge in [-0.05, 0) is 13.8 Å². The van der Waals surface area contributed by atoms with Gasteiger partial charge in [0.25, 0.3) is 0 Å². The van der Waals surface area contributed by atoms with Gasteiger partial charge in [-0.25, -0.2) is 9.07 Å². The molecule has 1 N–H and O–H groups in total. The van der Waals surface area contributed by atoms with Crippen LogP contribution in [-0.2, 0) is 11.3 Å². The Kier molecular flexibility index (Phi) is 3.16. The quantitative estimate of drug-likeness (QED) is 0.783. The minimum atomic E-state index is -1.07. The molecule has 0 aliphatic heterocycles. The highest BCUT2D eigenvalue weighted by molar-refractivity contribution is 5.74. The second-order valence-corrected chi connectivity index (χ2v) is 3.18. The van der Waals surface area contributed by atoms with E-state index in [4.69, 9.17) is 5.11 Å². The van der Waals surface area contributed by atoms with E-state index in [2.05, 4.69) is 10.3 Å². The molecule has 1 rings (SSSR count). The fourth-order valence-corrected chi connectivity index (χ4v) is 1.11. The van der Waals surface area contributed by atoms with Crippen LogP contribution in [0.3, 0.4) is 0 Å². The highest BCUT2D eigenvalue weighted by atomic mass is 19.1. The lowest BCUT2D eigenvalue weighted by atomic mass is 10.1. The Balaban J connectivity index is 2.86.